The molecule has 0 saturated carbocycles. The highest BCUT2D eigenvalue weighted by Gasteiger charge is 2.25. The summed E-state index contributed by atoms with van der Waals surface area (Å²) in [5.41, 5.74) is 0.355. The van der Waals surface area contributed by atoms with Gasteiger partial charge in [0.15, 0.2) is 0 Å². The maximum Gasteiger partial charge on any atom is 0.313 e. The van der Waals surface area contributed by atoms with Crippen LogP contribution in [0.3, 0.4) is 0 Å². The average Bonchev–Trinajstić information content (AvgIpc) is 2.90. The summed E-state index contributed by atoms with van der Waals surface area (Å²) in [6, 6.07) is 5.84. The predicted octanol–water partition coefficient (Wildman–Crippen LogP) is 1.49. The minimum atomic E-state index is -3.53. The van der Waals surface area contributed by atoms with Gasteiger partial charge in [0.05, 0.1) is 4.90 Å². The molecule has 1 heterocycles. The van der Waals surface area contributed by atoms with Crippen molar-refractivity contribution in [1.29, 1.82) is 0 Å². The van der Waals surface area contributed by atoms with E-state index in [0.29, 0.717) is 18.8 Å². The second-order valence-electron chi connectivity index (χ2n) is 5.80. The molecule has 1 aliphatic rings. The van der Waals surface area contributed by atoms with Crippen LogP contribution in [-0.4, -0.2) is 44.2 Å². The Kier molecular flexibility index (Phi) is 6.72. The van der Waals surface area contributed by atoms with E-state index in [0.717, 1.165) is 25.7 Å². The molecule has 7 nitrogen and oxygen atoms in total. The van der Waals surface area contributed by atoms with Gasteiger partial charge in [0.2, 0.25) is 10.0 Å². The Labute approximate surface area is 148 Å². The Morgan fingerprint density at radius 1 is 1.04 bits per heavy atom. The molecule has 2 N–H and O–H groups in total. The SMILES string of the molecule is C=CCNC(=O)C(=O)Nc1ccc(S(=O)(=O)N2CCCCCC2)cc1. The molecule has 1 aromatic carbocycles. The van der Waals surface area contributed by atoms with Crippen molar-refractivity contribution >= 4 is 27.5 Å². The quantitative estimate of drug-likeness (QED) is 0.610. The van der Waals surface area contributed by atoms with Gasteiger partial charge >= 0.3 is 11.8 Å². The van der Waals surface area contributed by atoms with Crippen molar-refractivity contribution < 1.29 is 18.0 Å². The third kappa shape index (κ3) is 5.14. The molecule has 2 amide bonds. The van der Waals surface area contributed by atoms with Gasteiger partial charge in [-0.25, -0.2) is 8.42 Å². The number of rotatable bonds is 5. The van der Waals surface area contributed by atoms with Gasteiger partial charge in [-0.05, 0) is 37.1 Å². The van der Waals surface area contributed by atoms with Crippen LogP contribution in [0.5, 0.6) is 0 Å². The normalized spacial score (nSPS) is 15.8. The molecule has 0 unspecified atom stereocenters. The fraction of sp³-hybridized carbons (Fsp3) is 0.412. The van der Waals surface area contributed by atoms with Gasteiger partial charge in [0.25, 0.3) is 0 Å². The van der Waals surface area contributed by atoms with E-state index in [4.69, 9.17) is 0 Å². The highest BCUT2D eigenvalue weighted by molar-refractivity contribution is 7.89. The molecule has 0 bridgehead atoms. The molecule has 8 heteroatoms. The lowest BCUT2D eigenvalue weighted by Crippen LogP contribution is -2.35. The first-order valence-electron chi connectivity index (χ1n) is 8.25. The van der Waals surface area contributed by atoms with Crippen LogP contribution in [0.2, 0.25) is 0 Å². The fourth-order valence-corrected chi connectivity index (χ4v) is 4.09. The monoisotopic (exact) mass is 365 g/mol. The van der Waals surface area contributed by atoms with Gasteiger partial charge in [-0.15, -0.1) is 6.58 Å². The zero-order valence-electron chi connectivity index (χ0n) is 14.0. The number of nitrogens with one attached hydrogen (secondary N) is 2. The Morgan fingerprint density at radius 2 is 1.64 bits per heavy atom. The number of hydrogen-bond acceptors (Lipinski definition) is 4. The molecular weight excluding hydrogens is 342 g/mol. The van der Waals surface area contributed by atoms with Gasteiger partial charge in [-0.1, -0.05) is 18.9 Å². The molecule has 0 aromatic heterocycles. The molecule has 136 valence electrons. The lowest BCUT2D eigenvalue weighted by atomic mass is 10.2. The number of hydrogen-bond donors (Lipinski definition) is 2. The first kappa shape index (κ1) is 19.1. The molecule has 2 rings (SSSR count). The summed E-state index contributed by atoms with van der Waals surface area (Å²) in [5, 5.41) is 4.79. The Morgan fingerprint density at radius 3 is 2.20 bits per heavy atom. The third-order valence-corrected chi connectivity index (χ3v) is 5.84. The van der Waals surface area contributed by atoms with Crippen LogP contribution in [0, 0.1) is 0 Å². The Hall–Kier alpha value is -2.19. The highest BCUT2D eigenvalue weighted by atomic mass is 32.2. The van der Waals surface area contributed by atoms with Crippen molar-refractivity contribution in [3.8, 4) is 0 Å². The number of nitrogens with zero attached hydrogens (tertiary/aromatic N) is 1. The second kappa shape index (κ2) is 8.77. The van der Waals surface area contributed by atoms with E-state index in [2.05, 4.69) is 17.2 Å². The summed E-state index contributed by atoms with van der Waals surface area (Å²) in [5.74, 6) is -1.59. The molecule has 0 aliphatic carbocycles. The highest BCUT2D eigenvalue weighted by Crippen LogP contribution is 2.21. The summed E-state index contributed by atoms with van der Waals surface area (Å²) in [7, 11) is -3.53. The van der Waals surface area contributed by atoms with Gasteiger partial charge in [-0.2, -0.15) is 4.31 Å². The second-order valence-corrected chi connectivity index (χ2v) is 7.73. The van der Waals surface area contributed by atoms with Crippen LogP contribution in [0.15, 0.2) is 41.8 Å². The van der Waals surface area contributed by atoms with Crippen molar-refractivity contribution in [2.45, 2.75) is 30.6 Å². The van der Waals surface area contributed by atoms with Crippen molar-refractivity contribution in [3.63, 3.8) is 0 Å². The van der Waals surface area contributed by atoms with Crippen LogP contribution in [0.25, 0.3) is 0 Å². The maximum atomic E-state index is 12.7. The van der Waals surface area contributed by atoms with Gasteiger partial charge in [0, 0.05) is 25.3 Å². The third-order valence-electron chi connectivity index (χ3n) is 3.93. The zero-order chi connectivity index (χ0) is 18.3. The van der Waals surface area contributed by atoms with E-state index < -0.39 is 21.8 Å². The minimum absolute atomic E-state index is 0.184. The standard InChI is InChI=1S/C17H23N3O4S/c1-2-11-18-16(21)17(22)19-14-7-9-15(10-8-14)25(23,24)20-12-5-3-4-6-13-20/h2,7-10H,1,3-6,11-13H2,(H,18,21)(H,19,22). The van der Waals surface area contributed by atoms with Crippen LogP contribution >= 0.6 is 0 Å². The molecule has 1 aliphatic heterocycles. The average molecular weight is 365 g/mol. The molecule has 1 fully saturated rings. The summed E-state index contributed by atoms with van der Waals surface area (Å²) in [6.45, 7) is 4.70. The molecule has 1 saturated heterocycles. The summed E-state index contributed by atoms with van der Waals surface area (Å²) in [4.78, 5) is 23.4. The Bertz CT molecular complexity index is 721. The van der Waals surface area contributed by atoms with E-state index in [9.17, 15) is 18.0 Å². The lowest BCUT2D eigenvalue weighted by molar-refractivity contribution is -0.136. The summed E-state index contributed by atoms with van der Waals surface area (Å²) >= 11 is 0. The number of anilines is 1. The first-order chi connectivity index (χ1) is 11.9. The van der Waals surface area contributed by atoms with Crippen molar-refractivity contribution in [3.05, 3.63) is 36.9 Å². The summed E-state index contributed by atoms with van der Waals surface area (Å²) in [6.07, 6.45) is 5.30. The largest absolute Gasteiger partial charge is 0.344 e. The van der Waals surface area contributed by atoms with E-state index in [-0.39, 0.29) is 11.4 Å². The number of sulfonamides is 1. The van der Waals surface area contributed by atoms with E-state index in [1.165, 1.54) is 34.6 Å². The Balaban J connectivity index is 2.04. The number of benzene rings is 1. The number of carbonyl (C=O) groups is 2. The zero-order valence-corrected chi connectivity index (χ0v) is 14.8. The van der Waals surface area contributed by atoms with Gasteiger partial charge in [-0.3, -0.25) is 9.59 Å². The molecule has 1 aromatic rings. The molecule has 0 radical (unpaired) electrons. The number of amides is 2. The molecular formula is C17H23N3O4S. The van der Waals surface area contributed by atoms with E-state index in [1.54, 1.807) is 0 Å². The molecule has 0 atom stereocenters. The fourth-order valence-electron chi connectivity index (χ4n) is 2.57. The van der Waals surface area contributed by atoms with Crippen LogP contribution in [0.1, 0.15) is 25.7 Å². The maximum absolute atomic E-state index is 12.7. The predicted molar refractivity (Wildman–Crippen MR) is 95.5 cm³/mol. The molecule has 25 heavy (non-hydrogen) atoms. The van der Waals surface area contributed by atoms with Crippen molar-refractivity contribution in [1.82, 2.24) is 9.62 Å². The smallest absolute Gasteiger partial charge is 0.313 e. The summed E-state index contributed by atoms with van der Waals surface area (Å²) < 4.78 is 26.8. The van der Waals surface area contributed by atoms with Crippen molar-refractivity contribution in [2.24, 2.45) is 0 Å². The van der Waals surface area contributed by atoms with Gasteiger partial charge in [0.1, 0.15) is 0 Å². The van der Waals surface area contributed by atoms with E-state index >= 15 is 0 Å². The topological polar surface area (TPSA) is 95.6 Å². The van der Waals surface area contributed by atoms with Gasteiger partial charge < -0.3 is 10.6 Å². The lowest BCUT2D eigenvalue weighted by Gasteiger charge is -2.20. The first-order valence-corrected chi connectivity index (χ1v) is 9.69. The number of carbonyl (C=O) groups excluding carboxylic acids is 2. The van der Waals surface area contributed by atoms with E-state index in [1.807, 2.05) is 0 Å². The van der Waals surface area contributed by atoms with Crippen LogP contribution in [0.4, 0.5) is 5.69 Å². The van der Waals surface area contributed by atoms with Crippen LogP contribution in [-0.2, 0) is 19.6 Å². The molecule has 0 spiro atoms. The minimum Gasteiger partial charge on any atom is -0.344 e. The van der Waals surface area contributed by atoms with Crippen LogP contribution < -0.4 is 10.6 Å². The van der Waals surface area contributed by atoms with Crippen molar-refractivity contribution in [2.75, 3.05) is 25.0 Å².